The Morgan fingerprint density at radius 3 is 2.86 bits per heavy atom. The van der Waals surface area contributed by atoms with Gasteiger partial charge in [0.1, 0.15) is 0 Å². The highest BCUT2D eigenvalue weighted by molar-refractivity contribution is 14.1. The summed E-state index contributed by atoms with van der Waals surface area (Å²) in [5.74, 6) is 0. The molecular weight excluding hydrogens is 393 g/mol. The van der Waals surface area contributed by atoms with Crippen LogP contribution in [-0.4, -0.2) is 16.3 Å². The lowest BCUT2D eigenvalue weighted by Gasteiger charge is -2.16. The second-order valence-electron chi connectivity index (χ2n) is 5.44. The lowest BCUT2D eigenvalue weighted by Crippen LogP contribution is -2.24. The van der Waals surface area contributed by atoms with Crippen molar-refractivity contribution in [2.24, 2.45) is 0 Å². The predicted octanol–water partition coefficient (Wildman–Crippen LogP) is 4.80. The summed E-state index contributed by atoms with van der Waals surface area (Å²) in [7, 11) is 0. The van der Waals surface area contributed by atoms with Crippen LogP contribution in [0.4, 0.5) is 0 Å². The van der Waals surface area contributed by atoms with Gasteiger partial charge in [0.2, 0.25) is 0 Å². The zero-order valence-corrected chi connectivity index (χ0v) is 15.9. The normalized spacial score (nSPS) is 14.3. The van der Waals surface area contributed by atoms with Gasteiger partial charge in [0.15, 0.2) is 0 Å². The smallest absolute Gasteiger partial charge is 0.0656 e. The average Bonchev–Trinajstić information content (AvgIpc) is 3.11. The molecule has 21 heavy (non-hydrogen) atoms. The van der Waals surface area contributed by atoms with Crippen molar-refractivity contribution in [3.8, 4) is 0 Å². The summed E-state index contributed by atoms with van der Waals surface area (Å²) >= 11 is 4.20. The molecule has 2 unspecified atom stereocenters. The van der Waals surface area contributed by atoms with E-state index < -0.39 is 0 Å². The van der Waals surface area contributed by atoms with Gasteiger partial charge in [-0.25, -0.2) is 0 Å². The molecule has 0 fully saturated rings. The molecule has 0 saturated heterocycles. The summed E-state index contributed by atoms with van der Waals surface area (Å²) in [6.07, 6.45) is 5.33. The van der Waals surface area contributed by atoms with Gasteiger partial charge in [-0.15, -0.1) is 11.3 Å². The van der Waals surface area contributed by atoms with Gasteiger partial charge in [0.25, 0.3) is 0 Å². The third kappa shape index (κ3) is 4.79. The molecule has 1 N–H and O–H groups in total. The molecule has 0 aromatic carbocycles. The Morgan fingerprint density at radius 1 is 1.43 bits per heavy atom. The SMILES string of the molecule is CCCNC(Cc1ccn(C(C)CC)n1)c1csc(I)c1. The topological polar surface area (TPSA) is 29.9 Å². The van der Waals surface area contributed by atoms with Crippen LogP contribution in [0, 0.1) is 2.88 Å². The van der Waals surface area contributed by atoms with Crippen LogP contribution in [0.1, 0.15) is 57.0 Å². The molecule has 3 nitrogen and oxygen atoms in total. The van der Waals surface area contributed by atoms with E-state index in [1.807, 2.05) is 11.3 Å². The Morgan fingerprint density at radius 2 is 2.24 bits per heavy atom. The van der Waals surface area contributed by atoms with E-state index in [1.54, 1.807) is 0 Å². The first-order valence-electron chi connectivity index (χ1n) is 7.65. The highest BCUT2D eigenvalue weighted by atomic mass is 127. The number of halogens is 1. The maximum atomic E-state index is 4.74. The summed E-state index contributed by atoms with van der Waals surface area (Å²) in [6.45, 7) is 7.66. The van der Waals surface area contributed by atoms with Crippen molar-refractivity contribution in [3.63, 3.8) is 0 Å². The third-order valence-corrected chi connectivity index (χ3v) is 5.56. The van der Waals surface area contributed by atoms with Gasteiger partial charge in [-0.05, 0) is 72.0 Å². The van der Waals surface area contributed by atoms with E-state index in [0.29, 0.717) is 12.1 Å². The Balaban J connectivity index is 2.09. The van der Waals surface area contributed by atoms with Crippen LogP contribution in [0.2, 0.25) is 0 Å². The number of rotatable bonds is 8. The summed E-state index contributed by atoms with van der Waals surface area (Å²) in [5.41, 5.74) is 2.56. The molecule has 0 bridgehead atoms. The molecule has 0 aliphatic carbocycles. The Bertz CT molecular complexity index is 549. The number of aromatic nitrogens is 2. The fourth-order valence-corrected chi connectivity index (χ4v) is 3.69. The minimum Gasteiger partial charge on any atom is -0.310 e. The monoisotopic (exact) mass is 417 g/mol. The van der Waals surface area contributed by atoms with E-state index >= 15 is 0 Å². The van der Waals surface area contributed by atoms with Gasteiger partial charge in [-0.2, -0.15) is 5.10 Å². The molecular formula is C16H24IN3S. The number of hydrogen-bond donors (Lipinski definition) is 1. The van der Waals surface area contributed by atoms with Crippen molar-refractivity contribution >= 4 is 33.9 Å². The predicted molar refractivity (Wildman–Crippen MR) is 99.0 cm³/mol. The number of thiophene rings is 1. The van der Waals surface area contributed by atoms with Crippen molar-refractivity contribution in [2.75, 3.05) is 6.54 Å². The van der Waals surface area contributed by atoms with Gasteiger partial charge in [0, 0.05) is 24.7 Å². The number of nitrogens with zero attached hydrogens (tertiary/aromatic N) is 2. The van der Waals surface area contributed by atoms with Crippen LogP contribution < -0.4 is 5.32 Å². The lowest BCUT2D eigenvalue weighted by molar-refractivity contribution is 0.465. The molecule has 2 atom stereocenters. The standard InChI is InChI=1S/C16H24IN3S/c1-4-7-18-15(13-9-16(17)21-11-13)10-14-6-8-20(19-14)12(3)5-2/h6,8-9,11-12,15,18H,4-5,7,10H2,1-3H3. The molecule has 2 rings (SSSR count). The van der Waals surface area contributed by atoms with E-state index in [9.17, 15) is 0 Å². The Hall–Kier alpha value is -0.400. The fourth-order valence-electron chi connectivity index (χ4n) is 2.26. The van der Waals surface area contributed by atoms with Crippen LogP contribution in [0.5, 0.6) is 0 Å². The summed E-state index contributed by atoms with van der Waals surface area (Å²) in [4.78, 5) is 0. The minimum atomic E-state index is 0.366. The first kappa shape index (κ1) is 17.0. The van der Waals surface area contributed by atoms with E-state index in [-0.39, 0.29) is 0 Å². The van der Waals surface area contributed by atoms with Crippen LogP contribution in [-0.2, 0) is 6.42 Å². The van der Waals surface area contributed by atoms with Gasteiger partial charge < -0.3 is 5.32 Å². The molecule has 2 aromatic rings. The quantitative estimate of drug-likeness (QED) is 0.626. The fraction of sp³-hybridized carbons (Fsp3) is 0.562. The molecule has 0 aliphatic rings. The van der Waals surface area contributed by atoms with Crippen LogP contribution in [0.3, 0.4) is 0 Å². The molecule has 116 valence electrons. The van der Waals surface area contributed by atoms with Gasteiger partial charge >= 0.3 is 0 Å². The van der Waals surface area contributed by atoms with E-state index in [1.165, 1.54) is 14.1 Å². The highest BCUT2D eigenvalue weighted by Gasteiger charge is 2.15. The van der Waals surface area contributed by atoms with Crippen molar-refractivity contribution in [2.45, 2.75) is 52.1 Å². The van der Waals surface area contributed by atoms with Crippen molar-refractivity contribution in [1.29, 1.82) is 0 Å². The molecule has 0 saturated carbocycles. The molecule has 0 spiro atoms. The average molecular weight is 417 g/mol. The van der Waals surface area contributed by atoms with Gasteiger partial charge in [0.05, 0.1) is 8.58 Å². The molecule has 5 heteroatoms. The van der Waals surface area contributed by atoms with Crippen LogP contribution >= 0.6 is 33.9 Å². The van der Waals surface area contributed by atoms with Crippen LogP contribution in [0.25, 0.3) is 0 Å². The molecule has 0 radical (unpaired) electrons. The van der Waals surface area contributed by atoms with Gasteiger partial charge in [-0.1, -0.05) is 13.8 Å². The largest absolute Gasteiger partial charge is 0.310 e. The number of nitrogens with one attached hydrogen (secondary N) is 1. The minimum absolute atomic E-state index is 0.366. The zero-order valence-electron chi connectivity index (χ0n) is 13.0. The highest BCUT2D eigenvalue weighted by Crippen LogP contribution is 2.25. The van der Waals surface area contributed by atoms with E-state index in [4.69, 9.17) is 5.10 Å². The summed E-state index contributed by atoms with van der Waals surface area (Å²) in [6, 6.07) is 5.28. The van der Waals surface area contributed by atoms with Crippen LogP contribution in [0.15, 0.2) is 23.7 Å². The Labute approximate surface area is 145 Å². The third-order valence-electron chi connectivity index (χ3n) is 3.75. The second kappa shape index (κ2) is 8.29. The molecule has 2 heterocycles. The lowest BCUT2D eigenvalue weighted by atomic mass is 10.1. The second-order valence-corrected chi connectivity index (χ2v) is 8.24. The first-order chi connectivity index (χ1) is 10.1. The maximum Gasteiger partial charge on any atom is 0.0656 e. The molecule has 2 aromatic heterocycles. The Kier molecular flexibility index (Phi) is 6.70. The van der Waals surface area contributed by atoms with Crippen molar-refractivity contribution in [1.82, 2.24) is 15.1 Å². The summed E-state index contributed by atoms with van der Waals surface area (Å²) in [5, 5.41) is 10.7. The van der Waals surface area contributed by atoms with Gasteiger partial charge in [-0.3, -0.25) is 4.68 Å². The van der Waals surface area contributed by atoms with E-state index in [2.05, 4.69) is 77.1 Å². The van der Waals surface area contributed by atoms with E-state index in [0.717, 1.165) is 25.8 Å². The molecule has 0 amide bonds. The molecule has 0 aliphatic heterocycles. The van der Waals surface area contributed by atoms with Crippen molar-refractivity contribution < 1.29 is 0 Å². The maximum absolute atomic E-state index is 4.74. The van der Waals surface area contributed by atoms with Crippen molar-refractivity contribution in [3.05, 3.63) is 37.9 Å². The number of hydrogen-bond acceptors (Lipinski definition) is 3. The summed E-state index contributed by atoms with van der Waals surface area (Å²) < 4.78 is 3.43. The first-order valence-corrected chi connectivity index (χ1v) is 9.61. The zero-order chi connectivity index (χ0) is 15.2.